The molecule has 0 aromatic heterocycles. The standard InChI is InChI=1S/C17H15FN2O4S/c1-11-10-25(23,24)20(17(11)22)15-4-2-3-12(9-15)16(21)19-14-7-5-13(18)6-8-14/h2-9,11H,10H2,1H3,(H,19,21). The first-order valence-corrected chi connectivity index (χ1v) is 9.13. The number of rotatable bonds is 3. The van der Waals surface area contributed by atoms with Gasteiger partial charge in [0, 0.05) is 11.3 Å². The smallest absolute Gasteiger partial charge is 0.255 e. The molecule has 1 N–H and O–H groups in total. The van der Waals surface area contributed by atoms with Crippen LogP contribution in [-0.2, 0) is 14.8 Å². The van der Waals surface area contributed by atoms with Crippen LogP contribution in [0.3, 0.4) is 0 Å². The molecule has 2 aromatic rings. The number of hydrogen-bond donors (Lipinski definition) is 1. The summed E-state index contributed by atoms with van der Waals surface area (Å²) in [5, 5.41) is 2.59. The van der Waals surface area contributed by atoms with Crippen LogP contribution >= 0.6 is 0 Å². The number of halogens is 1. The summed E-state index contributed by atoms with van der Waals surface area (Å²) in [6, 6.07) is 11.0. The van der Waals surface area contributed by atoms with Crippen molar-refractivity contribution in [1.82, 2.24) is 0 Å². The molecule has 0 spiro atoms. The Balaban J connectivity index is 1.88. The molecule has 6 nitrogen and oxygen atoms in total. The Labute approximate surface area is 144 Å². The van der Waals surface area contributed by atoms with Crippen LogP contribution in [0.4, 0.5) is 15.8 Å². The summed E-state index contributed by atoms with van der Waals surface area (Å²) in [6.07, 6.45) is 0. The van der Waals surface area contributed by atoms with Crippen molar-refractivity contribution in [3.8, 4) is 0 Å². The van der Waals surface area contributed by atoms with Crippen LogP contribution in [0.2, 0.25) is 0 Å². The Morgan fingerprint density at radius 1 is 1.20 bits per heavy atom. The van der Waals surface area contributed by atoms with Gasteiger partial charge in [-0.2, -0.15) is 0 Å². The lowest BCUT2D eigenvalue weighted by Crippen LogP contribution is -2.30. The van der Waals surface area contributed by atoms with Gasteiger partial charge in [-0.15, -0.1) is 0 Å². The highest BCUT2D eigenvalue weighted by molar-refractivity contribution is 7.94. The fraction of sp³-hybridized carbons (Fsp3) is 0.176. The van der Waals surface area contributed by atoms with Gasteiger partial charge in [-0.3, -0.25) is 9.59 Å². The van der Waals surface area contributed by atoms with E-state index in [0.29, 0.717) is 5.69 Å². The molecule has 8 heteroatoms. The zero-order valence-corrected chi connectivity index (χ0v) is 14.1. The van der Waals surface area contributed by atoms with Crippen molar-refractivity contribution in [3.63, 3.8) is 0 Å². The maximum Gasteiger partial charge on any atom is 0.255 e. The first kappa shape index (κ1) is 17.1. The average molecular weight is 362 g/mol. The van der Waals surface area contributed by atoms with E-state index >= 15 is 0 Å². The van der Waals surface area contributed by atoms with E-state index in [1.54, 1.807) is 6.92 Å². The van der Waals surface area contributed by atoms with Crippen LogP contribution in [0.15, 0.2) is 48.5 Å². The van der Waals surface area contributed by atoms with Crippen LogP contribution in [0.5, 0.6) is 0 Å². The molecule has 1 aliphatic rings. The molecule has 1 saturated heterocycles. The van der Waals surface area contributed by atoms with Crippen molar-refractivity contribution in [2.75, 3.05) is 15.4 Å². The summed E-state index contributed by atoms with van der Waals surface area (Å²) in [7, 11) is -3.73. The highest BCUT2D eigenvalue weighted by Gasteiger charge is 2.42. The largest absolute Gasteiger partial charge is 0.322 e. The molecule has 2 amide bonds. The topological polar surface area (TPSA) is 83.6 Å². The monoisotopic (exact) mass is 362 g/mol. The average Bonchev–Trinajstić information content (AvgIpc) is 2.77. The minimum Gasteiger partial charge on any atom is -0.322 e. The molecule has 130 valence electrons. The van der Waals surface area contributed by atoms with E-state index in [0.717, 1.165) is 4.31 Å². The lowest BCUT2D eigenvalue weighted by atomic mass is 10.1. The van der Waals surface area contributed by atoms with Crippen molar-refractivity contribution in [2.24, 2.45) is 5.92 Å². The fourth-order valence-corrected chi connectivity index (χ4v) is 4.41. The number of nitrogens with one attached hydrogen (secondary N) is 1. The molecule has 0 bridgehead atoms. The van der Waals surface area contributed by atoms with E-state index in [1.165, 1.54) is 48.5 Å². The van der Waals surface area contributed by atoms with Crippen LogP contribution in [0.1, 0.15) is 17.3 Å². The van der Waals surface area contributed by atoms with Gasteiger partial charge in [0.2, 0.25) is 15.9 Å². The van der Waals surface area contributed by atoms with E-state index in [-0.39, 0.29) is 17.0 Å². The van der Waals surface area contributed by atoms with Crippen molar-refractivity contribution >= 4 is 33.2 Å². The number of amides is 2. The van der Waals surface area contributed by atoms with E-state index in [9.17, 15) is 22.4 Å². The van der Waals surface area contributed by atoms with Crippen molar-refractivity contribution in [2.45, 2.75) is 6.92 Å². The quantitative estimate of drug-likeness (QED) is 0.909. The lowest BCUT2D eigenvalue weighted by molar-refractivity contribution is -0.119. The maximum absolute atomic E-state index is 12.9. The second kappa shape index (κ2) is 6.29. The van der Waals surface area contributed by atoms with Crippen molar-refractivity contribution < 1.29 is 22.4 Å². The molecule has 25 heavy (non-hydrogen) atoms. The molecule has 1 heterocycles. The van der Waals surface area contributed by atoms with Crippen LogP contribution in [-0.4, -0.2) is 26.0 Å². The first-order valence-electron chi connectivity index (χ1n) is 7.52. The van der Waals surface area contributed by atoms with Gasteiger partial charge in [-0.25, -0.2) is 17.1 Å². The van der Waals surface area contributed by atoms with Gasteiger partial charge in [-0.1, -0.05) is 13.0 Å². The third-order valence-corrected chi connectivity index (χ3v) is 5.67. The highest BCUT2D eigenvalue weighted by Crippen LogP contribution is 2.28. The Kier molecular flexibility index (Phi) is 4.30. The Morgan fingerprint density at radius 3 is 2.48 bits per heavy atom. The van der Waals surface area contributed by atoms with Gasteiger partial charge in [0.25, 0.3) is 5.91 Å². The summed E-state index contributed by atoms with van der Waals surface area (Å²) in [5.74, 6) is -2.31. The summed E-state index contributed by atoms with van der Waals surface area (Å²) in [6.45, 7) is 1.55. The fourth-order valence-electron chi connectivity index (χ4n) is 2.60. The zero-order valence-electron chi connectivity index (χ0n) is 13.3. The molecule has 0 aliphatic carbocycles. The molecule has 0 radical (unpaired) electrons. The number of benzene rings is 2. The number of nitrogens with zero attached hydrogens (tertiary/aromatic N) is 1. The molecule has 1 unspecified atom stereocenters. The van der Waals surface area contributed by atoms with Crippen LogP contribution in [0, 0.1) is 11.7 Å². The van der Waals surface area contributed by atoms with Crippen LogP contribution < -0.4 is 9.62 Å². The zero-order chi connectivity index (χ0) is 18.2. The van der Waals surface area contributed by atoms with Gasteiger partial charge in [-0.05, 0) is 42.5 Å². The third-order valence-electron chi connectivity index (χ3n) is 3.81. The number of anilines is 2. The number of sulfonamides is 1. The first-order chi connectivity index (χ1) is 11.8. The Morgan fingerprint density at radius 2 is 1.88 bits per heavy atom. The maximum atomic E-state index is 12.9. The van der Waals surface area contributed by atoms with Gasteiger partial charge in [0.1, 0.15) is 5.82 Å². The summed E-state index contributed by atoms with van der Waals surface area (Å²) < 4.78 is 38.0. The van der Waals surface area contributed by atoms with E-state index in [2.05, 4.69) is 5.32 Å². The minimum absolute atomic E-state index is 0.126. The summed E-state index contributed by atoms with van der Waals surface area (Å²) in [4.78, 5) is 24.5. The number of hydrogen-bond acceptors (Lipinski definition) is 4. The van der Waals surface area contributed by atoms with E-state index in [1.807, 2.05) is 0 Å². The number of carbonyl (C=O) groups is 2. The molecule has 1 atom stereocenters. The molecule has 0 saturated carbocycles. The second-order valence-electron chi connectivity index (χ2n) is 5.79. The highest BCUT2D eigenvalue weighted by atomic mass is 32.2. The minimum atomic E-state index is -3.73. The molecular formula is C17H15FN2O4S. The molecule has 2 aromatic carbocycles. The molecule has 3 rings (SSSR count). The molecule has 1 fully saturated rings. The predicted octanol–water partition coefficient (Wildman–Crippen LogP) is 2.39. The van der Waals surface area contributed by atoms with Gasteiger partial charge in [0.05, 0.1) is 17.4 Å². The van der Waals surface area contributed by atoms with E-state index < -0.39 is 33.6 Å². The Hall–Kier alpha value is -2.74. The SMILES string of the molecule is CC1CS(=O)(=O)N(c2cccc(C(=O)Nc3ccc(F)cc3)c2)C1=O. The normalized spacial score (nSPS) is 19.0. The molecular weight excluding hydrogens is 347 g/mol. The van der Waals surface area contributed by atoms with Gasteiger partial charge < -0.3 is 5.32 Å². The lowest BCUT2D eigenvalue weighted by Gasteiger charge is -2.16. The van der Waals surface area contributed by atoms with Gasteiger partial charge >= 0.3 is 0 Å². The third kappa shape index (κ3) is 3.39. The summed E-state index contributed by atoms with van der Waals surface area (Å²) >= 11 is 0. The van der Waals surface area contributed by atoms with Crippen LogP contribution in [0.25, 0.3) is 0 Å². The predicted molar refractivity (Wildman–Crippen MR) is 91.2 cm³/mol. The van der Waals surface area contributed by atoms with E-state index in [4.69, 9.17) is 0 Å². The Bertz CT molecular complexity index is 941. The second-order valence-corrected chi connectivity index (χ2v) is 7.66. The molecule has 1 aliphatic heterocycles. The van der Waals surface area contributed by atoms with Crippen molar-refractivity contribution in [3.05, 3.63) is 59.9 Å². The van der Waals surface area contributed by atoms with Crippen molar-refractivity contribution in [1.29, 1.82) is 0 Å². The van der Waals surface area contributed by atoms with Gasteiger partial charge in [0.15, 0.2) is 0 Å². The number of carbonyl (C=O) groups excluding carboxylic acids is 2. The summed E-state index contributed by atoms with van der Waals surface area (Å²) in [5.41, 5.74) is 0.709.